The standard InChI is InChI=1S/C25H32N2O3/c28-19-22-9-5-14-27(22)25(29)21-8-4-10-24(18-21)30-23-12-16-26(17-13-23)15-11-20-6-2-1-3-7-20/h1-4,6-8,10,18,22-23,28H,5,9,11-17,19H2/t22-/m0/s1. The predicted molar refractivity (Wildman–Crippen MR) is 118 cm³/mol. The van der Waals surface area contributed by atoms with E-state index in [-0.39, 0.29) is 24.7 Å². The molecule has 1 atom stereocenters. The number of aliphatic hydroxyl groups excluding tert-OH is 1. The number of piperidine rings is 1. The Balaban J connectivity index is 1.27. The van der Waals surface area contributed by atoms with E-state index in [2.05, 4.69) is 35.2 Å². The van der Waals surface area contributed by atoms with E-state index in [1.165, 1.54) is 5.56 Å². The van der Waals surface area contributed by atoms with Gasteiger partial charge in [-0.05, 0) is 55.9 Å². The van der Waals surface area contributed by atoms with Gasteiger partial charge in [-0.2, -0.15) is 0 Å². The summed E-state index contributed by atoms with van der Waals surface area (Å²) in [7, 11) is 0. The second-order valence-corrected chi connectivity index (χ2v) is 8.40. The fourth-order valence-electron chi connectivity index (χ4n) is 4.54. The van der Waals surface area contributed by atoms with E-state index in [0.717, 1.165) is 64.0 Å². The minimum Gasteiger partial charge on any atom is -0.490 e. The van der Waals surface area contributed by atoms with Crippen molar-refractivity contribution in [2.45, 2.75) is 44.2 Å². The molecular weight excluding hydrogens is 376 g/mol. The fraction of sp³-hybridized carbons (Fsp3) is 0.480. The third-order valence-corrected chi connectivity index (χ3v) is 6.33. The molecule has 2 saturated heterocycles. The highest BCUT2D eigenvalue weighted by molar-refractivity contribution is 5.95. The minimum absolute atomic E-state index is 0.00673. The molecule has 0 aliphatic carbocycles. The average molecular weight is 409 g/mol. The molecule has 4 rings (SSSR count). The highest BCUT2D eigenvalue weighted by Gasteiger charge is 2.29. The van der Waals surface area contributed by atoms with Gasteiger partial charge in [-0.25, -0.2) is 0 Å². The van der Waals surface area contributed by atoms with Gasteiger partial charge in [-0.15, -0.1) is 0 Å². The summed E-state index contributed by atoms with van der Waals surface area (Å²) < 4.78 is 6.23. The highest BCUT2D eigenvalue weighted by atomic mass is 16.5. The molecule has 2 aliphatic rings. The minimum atomic E-state index is -0.0534. The molecule has 0 radical (unpaired) electrons. The number of carbonyl (C=O) groups excluding carboxylic acids is 1. The van der Waals surface area contributed by atoms with Gasteiger partial charge in [0, 0.05) is 31.7 Å². The molecule has 5 nitrogen and oxygen atoms in total. The first-order valence-corrected chi connectivity index (χ1v) is 11.2. The summed E-state index contributed by atoms with van der Waals surface area (Å²) >= 11 is 0. The van der Waals surface area contributed by atoms with Crippen LogP contribution in [0.15, 0.2) is 54.6 Å². The average Bonchev–Trinajstić information content (AvgIpc) is 3.28. The molecule has 160 valence electrons. The Bertz CT molecular complexity index is 818. The van der Waals surface area contributed by atoms with Crippen molar-refractivity contribution < 1.29 is 14.6 Å². The molecule has 0 bridgehead atoms. The van der Waals surface area contributed by atoms with Gasteiger partial charge < -0.3 is 19.6 Å². The van der Waals surface area contributed by atoms with Crippen molar-refractivity contribution in [1.82, 2.24) is 9.80 Å². The molecule has 1 N–H and O–H groups in total. The quantitative estimate of drug-likeness (QED) is 0.763. The number of hydrogen-bond acceptors (Lipinski definition) is 4. The molecule has 2 aromatic carbocycles. The van der Waals surface area contributed by atoms with E-state index >= 15 is 0 Å². The fourth-order valence-corrected chi connectivity index (χ4v) is 4.54. The van der Waals surface area contributed by atoms with Gasteiger partial charge in [-0.1, -0.05) is 36.4 Å². The number of ether oxygens (including phenoxy) is 1. The molecule has 0 aromatic heterocycles. The third kappa shape index (κ3) is 5.21. The van der Waals surface area contributed by atoms with Crippen molar-refractivity contribution in [3.05, 3.63) is 65.7 Å². The van der Waals surface area contributed by atoms with E-state index < -0.39 is 0 Å². The lowest BCUT2D eigenvalue weighted by Crippen LogP contribution is -2.39. The number of carbonyl (C=O) groups is 1. The number of aliphatic hydroxyl groups is 1. The zero-order chi connectivity index (χ0) is 20.8. The zero-order valence-electron chi connectivity index (χ0n) is 17.6. The number of amides is 1. The summed E-state index contributed by atoms with van der Waals surface area (Å²) in [6, 6.07) is 18.1. The summed E-state index contributed by atoms with van der Waals surface area (Å²) in [6.07, 6.45) is 5.12. The number of likely N-dealkylation sites (tertiary alicyclic amines) is 2. The maximum atomic E-state index is 12.8. The first-order valence-electron chi connectivity index (χ1n) is 11.2. The first-order chi connectivity index (χ1) is 14.7. The Morgan fingerprint density at radius 2 is 1.80 bits per heavy atom. The SMILES string of the molecule is O=C(c1cccc(OC2CCN(CCc3ccccc3)CC2)c1)N1CCC[C@H]1CO. The number of nitrogens with zero attached hydrogens (tertiary/aromatic N) is 2. The van der Waals surface area contributed by atoms with Gasteiger partial charge in [0.1, 0.15) is 11.9 Å². The van der Waals surface area contributed by atoms with Crippen LogP contribution >= 0.6 is 0 Å². The topological polar surface area (TPSA) is 53.0 Å². The molecule has 1 amide bonds. The molecule has 5 heteroatoms. The summed E-state index contributed by atoms with van der Waals surface area (Å²) in [5.41, 5.74) is 2.03. The Hall–Kier alpha value is -2.37. The van der Waals surface area contributed by atoms with Crippen molar-refractivity contribution in [2.24, 2.45) is 0 Å². The Labute approximate surface area is 179 Å². The van der Waals surface area contributed by atoms with E-state index in [9.17, 15) is 9.90 Å². The summed E-state index contributed by atoms with van der Waals surface area (Å²) in [5, 5.41) is 9.50. The van der Waals surface area contributed by atoms with Crippen LogP contribution in [0.4, 0.5) is 0 Å². The van der Waals surface area contributed by atoms with Crippen LogP contribution in [0, 0.1) is 0 Å². The van der Waals surface area contributed by atoms with Gasteiger partial charge in [0.05, 0.1) is 12.6 Å². The molecule has 2 aliphatic heterocycles. The normalized spacial score (nSPS) is 20.4. The first kappa shape index (κ1) is 20.9. The lowest BCUT2D eigenvalue weighted by molar-refractivity contribution is 0.0675. The molecule has 2 aromatic rings. The Morgan fingerprint density at radius 1 is 1.00 bits per heavy atom. The van der Waals surface area contributed by atoms with Gasteiger partial charge in [0.15, 0.2) is 0 Å². The molecular formula is C25H32N2O3. The molecule has 30 heavy (non-hydrogen) atoms. The number of rotatable bonds is 7. The number of benzene rings is 2. The van der Waals surface area contributed by atoms with Crippen LogP contribution in [0.25, 0.3) is 0 Å². The summed E-state index contributed by atoms with van der Waals surface area (Å²) in [5.74, 6) is 0.760. The maximum Gasteiger partial charge on any atom is 0.254 e. The van der Waals surface area contributed by atoms with E-state index in [1.807, 2.05) is 24.3 Å². The van der Waals surface area contributed by atoms with Gasteiger partial charge in [0.2, 0.25) is 0 Å². The largest absolute Gasteiger partial charge is 0.490 e. The maximum absolute atomic E-state index is 12.8. The van der Waals surface area contributed by atoms with Crippen LogP contribution in [-0.4, -0.2) is 65.7 Å². The lowest BCUT2D eigenvalue weighted by atomic mass is 10.1. The second-order valence-electron chi connectivity index (χ2n) is 8.40. The van der Waals surface area contributed by atoms with E-state index in [4.69, 9.17) is 4.74 Å². The highest BCUT2D eigenvalue weighted by Crippen LogP contribution is 2.24. The Kier molecular flexibility index (Phi) is 7.03. The Morgan fingerprint density at radius 3 is 2.57 bits per heavy atom. The van der Waals surface area contributed by atoms with Crippen molar-refractivity contribution in [3.8, 4) is 5.75 Å². The van der Waals surface area contributed by atoms with Gasteiger partial charge in [-0.3, -0.25) is 4.79 Å². The van der Waals surface area contributed by atoms with Crippen LogP contribution in [0.2, 0.25) is 0 Å². The van der Waals surface area contributed by atoms with Crippen LogP contribution in [0.3, 0.4) is 0 Å². The number of hydrogen-bond donors (Lipinski definition) is 1. The van der Waals surface area contributed by atoms with Crippen LogP contribution in [0.1, 0.15) is 41.6 Å². The van der Waals surface area contributed by atoms with Crippen molar-refractivity contribution in [2.75, 3.05) is 32.8 Å². The third-order valence-electron chi connectivity index (χ3n) is 6.33. The molecule has 0 spiro atoms. The van der Waals surface area contributed by atoms with E-state index in [0.29, 0.717) is 5.56 Å². The summed E-state index contributed by atoms with van der Waals surface area (Å²) in [6.45, 7) is 3.92. The second kappa shape index (κ2) is 10.1. The predicted octanol–water partition coefficient (Wildman–Crippen LogP) is 3.37. The van der Waals surface area contributed by atoms with Crippen LogP contribution < -0.4 is 4.74 Å². The lowest BCUT2D eigenvalue weighted by Gasteiger charge is -2.32. The van der Waals surface area contributed by atoms with Crippen LogP contribution in [-0.2, 0) is 6.42 Å². The van der Waals surface area contributed by atoms with Crippen LogP contribution in [0.5, 0.6) is 5.75 Å². The van der Waals surface area contributed by atoms with Gasteiger partial charge in [0.25, 0.3) is 5.91 Å². The molecule has 2 heterocycles. The monoisotopic (exact) mass is 408 g/mol. The molecule has 2 fully saturated rings. The molecule has 0 unspecified atom stereocenters. The zero-order valence-corrected chi connectivity index (χ0v) is 17.6. The van der Waals surface area contributed by atoms with Crippen molar-refractivity contribution >= 4 is 5.91 Å². The van der Waals surface area contributed by atoms with Gasteiger partial charge >= 0.3 is 0 Å². The van der Waals surface area contributed by atoms with Crippen molar-refractivity contribution in [1.29, 1.82) is 0 Å². The molecule has 0 saturated carbocycles. The smallest absolute Gasteiger partial charge is 0.254 e. The van der Waals surface area contributed by atoms with E-state index in [1.54, 1.807) is 4.90 Å². The summed E-state index contributed by atoms with van der Waals surface area (Å²) in [4.78, 5) is 17.2. The van der Waals surface area contributed by atoms with Crippen molar-refractivity contribution in [3.63, 3.8) is 0 Å².